The number of benzene rings is 1. The first kappa shape index (κ1) is 11.1. The molecule has 17 heavy (non-hydrogen) atoms. The molecule has 1 saturated carbocycles. The second-order valence-electron chi connectivity index (χ2n) is 3.89. The molecular weight excluding hydrogens is 218 g/mol. The van der Waals surface area contributed by atoms with Gasteiger partial charge in [0.25, 0.3) is 0 Å². The lowest BCUT2D eigenvalue weighted by Gasteiger charge is -2.05. The summed E-state index contributed by atoms with van der Waals surface area (Å²) < 4.78 is 0. The number of nitrogens with zero attached hydrogens (tertiary/aromatic N) is 1. The van der Waals surface area contributed by atoms with Crippen LogP contribution in [0.1, 0.15) is 18.4 Å². The molecule has 2 amide bonds. The van der Waals surface area contributed by atoms with Crippen molar-refractivity contribution in [1.82, 2.24) is 5.32 Å². The van der Waals surface area contributed by atoms with E-state index < -0.39 is 11.8 Å². The van der Waals surface area contributed by atoms with Gasteiger partial charge in [0.05, 0.1) is 11.6 Å². The topological polar surface area (TPSA) is 82.0 Å². The summed E-state index contributed by atoms with van der Waals surface area (Å²) in [6, 6.07) is 8.46. The number of hydrogen-bond acceptors (Lipinski definition) is 3. The molecule has 0 saturated heterocycles. The first-order chi connectivity index (χ1) is 8.19. The van der Waals surface area contributed by atoms with Crippen LogP contribution < -0.4 is 10.6 Å². The Morgan fingerprint density at radius 2 is 1.82 bits per heavy atom. The van der Waals surface area contributed by atoms with Gasteiger partial charge in [-0.1, -0.05) is 0 Å². The Morgan fingerprint density at radius 3 is 2.35 bits per heavy atom. The van der Waals surface area contributed by atoms with E-state index in [1.807, 2.05) is 6.07 Å². The summed E-state index contributed by atoms with van der Waals surface area (Å²) in [5.74, 6) is -1.29. The highest BCUT2D eigenvalue weighted by molar-refractivity contribution is 6.39. The summed E-state index contributed by atoms with van der Waals surface area (Å²) in [5, 5.41) is 13.7. The SMILES string of the molecule is N#Cc1ccc(NC(=O)C(=O)NC2CC2)cc1. The van der Waals surface area contributed by atoms with Crippen LogP contribution in [0, 0.1) is 11.3 Å². The Kier molecular flexibility index (Phi) is 3.06. The average molecular weight is 229 g/mol. The van der Waals surface area contributed by atoms with Crippen LogP contribution >= 0.6 is 0 Å². The summed E-state index contributed by atoms with van der Waals surface area (Å²) in [6.45, 7) is 0. The molecule has 0 heterocycles. The molecule has 1 fully saturated rings. The first-order valence-electron chi connectivity index (χ1n) is 5.31. The Labute approximate surface area is 98.4 Å². The highest BCUT2D eigenvalue weighted by atomic mass is 16.2. The number of hydrogen-bond donors (Lipinski definition) is 2. The molecule has 2 rings (SSSR count). The van der Waals surface area contributed by atoms with E-state index in [0.29, 0.717) is 11.3 Å². The molecule has 0 atom stereocenters. The van der Waals surface area contributed by atoms with Crippen LogP contribution in [0.25, 0.3) is 0 Å². The van der Waals surface area contributed by atoms with Gasteiger partial charge in [0, 0.05) is 11.7 Å². The van der Waals surface area contributed by atoms with Gasteiger partial charge in [-0.3, -0.25) is 9.59 Å². The van der Waals surface area contributed by atoms with Gasteiger partial charge in [0.15, 0.2) is 0 Å². The lowest BCUT2D eigenvalue weighted by molar-refractivity contribution is -0.136. The Morgan fingerprint density at radius 1 is 1.18 bits per heavy atom. The number of carbonyl (C=O) groups excluding carboxylic acids is 2. The molecular formula is C12H11N3O2. The molecule has 2 N–H and O–H groups in total. The number of amides is 2. The van der Waals surface area contributed by atoms with Crippen molar-refractivity contribution in [1.29, 1.82) is 5.26 Å². The quantitative estimate of drug-likeness (QED) is 0.735. The van der Waals surface area contributed by atoms with E-state index in [-0.39, 0.29) is 6.04 Å². The molecule has 0 aromatic heterocycles. The summed E-state index contributed by atoms with van der Waals surface area (Å²) >= 11 is 0. The van der Waals surface area contributed by atoms with Crippen molar-refractivity contribution in [2.75, 3.05) is 5.32 Å². The lowest BCUT2D eigenvalue weighted by atomic mass is 10.2. The molecule has 1 aliphatic rings. The molecule has 0 unspecified atom stereocenters. The fraction of sp³-hybridized carbons (Fsp3) is 0.250. The van der Waals surface area contributed by atoms with Crippen molar-refractivity contribution < 1.29 is 9.59 Å². The summed E-state index contributed by atoms with van der Waals surface area (Å²) in [7, 11) is 0. The van der Waals surface area contributed by atoms with Crippen LogP contribution in [0.15, 0.2) is 24.3 Å². The third-order valence-electron chi connectivity index (χ3n) is 2.39. The van der Waals surface area contributed by atoms with Gasteiger partial charge >= 0.3 is 11.8 Å². The van der Waals surface area contributed by atoms with Gasteiger partial charge in [-0.05, 0) is 37.1 Å². The Hall–Kier alpha value is -2.35. The van der Waals surface area contributed by atoms with Crippen LogP contribution in [-0.2, 0) is 9.59 Å². The predicted octanol–water partition coefficient (Wildman–Crippen LogP) is 0.775. The van der Waals surface area contributed by atoms with Gasteiger partial charge in [0.1, 0.15) is 0 Å². The van der Waals surface area contributed by atoms with Crippen LogP contribution in [0.2, 0.25) is 0 Å². The second-order valence-corrected chi connectivity index (χ2v) is 3.89. The van der Waals surface area contributed by atoms with Crippen LogP contribution in [0.5, 0.6) is 0 Å². The van der Waals surface area contributed by atoms with Gasteiger partial charge in [-0.25, -0.2) is 0 Å². The summed E-state index contributed by atoms with van der Waals surface area (Å²) in [4.78, 5) is 22.8. The Bertz CT molecular complexity index is 483. The first-order valence-corrected chi connectivity index (χ1v) is 5.31. The maximum absolute atomic E-state index is 11.4. The number of rotatable bonds is 2. The largest absolute Gasteiger partial charge is 0.345 e. The highest BCUT2D eigenvalue weighted by Gasteiger charge is 2.26. The molecule has 5 heteroatoms. The van der Waals surface area contributed by atoms with Crippen molar-refractivity contribution in [3.63, 3.8) is 0 Å². The van der Waals surface area contributed by atoms with E-state index in [1.165, 1.54) is 0 Å². The summed E-state index contributed by atoms with van der Waals surface area (Å²) in [6.07, 6.45) is 1.88. The van der Waals surface area contributed by atoms with Gasteiger partial charge in [-0.2, -0.15) is 5.26 Å². The van der Waals surface area contributed by atoms with Crippen molar-refractivity contribution in [2.24, 2.45) is 0 Å². The fourth-order valence-electron chi connectivity index (χ4n) is 1.29. The fourth-order valence-corrected chi connectivity index (χ4v) is 1.29. The van der Waals surface area contributed by atoms with Gasteiger partial charge < -0.3 is 10.6 Å². The third kappa shape index (κ3) is 3.05. The lowest BCUT2D eigenvalue weighted by Crippen LogP contribution is -2.36. The number of nitrogens with one attached hydrogen (secondary N) is 2. The maximum Gasteiger partial charge on any atom is 0.313 e. The minimum Gasteiger partial charge on any atom is -0.345 e. The Balaban J connectivity index is 1.92. The minimum absolute atomic E-state index is 0.161. The van der Waals surface area contributed by atoms with E-state index >= 15 is 0 Å². The van der Waals surface area contributed by atoms with Crippen molar-refractivity contribution in [3.05, 3.63) is 29.8 Å². The van der Waals surface area contributed by atoms with Crippen LogP contribution in [0.4, 0.5) is 5.69 Å². The average Bonchev–Trinajstić information content (AvgIpc) is 3.14. The standard InChI is InChI=1S/C12H11N3O2/c13-7-8-1-3-9(4-2-8)14-11(16)12(17)15-10-5-6-10/h1-4,10H,5-6H2,(H,14,16)(H,15,17). The molecule has 0 radical (unpaired) electrons. The zero-order valence-corrected chi connectivity index (χ0v) is 9.06. The molecule has 1 aliphatic carbocycles. The molecule has 0 aliphatic heterocycles. The van der Waals surface area contributed by atoms with E-state index in [2.05, 4.69) is 10.6 Å². The molecule has 0 bridgehead atoms. The van der Waals surface area contributed by atoms with Crippen molar-refractivity contribution >= 4 is 17.5 Å². The molecule has 0 spiro atoms. The van der Waals surface area contributed by atoms with Crippen molar-refractivity contribution in [3.8, 4) is 6.07 Å². The van der Waals surface area contributed by atoms with E-state index in [1.54, 1.807) is 24.3 Å². The molecule has 1 aromatic rings. The predicted molar refractivity (Wildman–Crippen MR) is 61.0 cm³/mol. The number of nitriles is 1. The summed E-state index contributed by atoms with van der Waals surface area (Å²) in [5.41, 5.74) is 1.00. The van der Waals surface area contributed by atoms with Gasteiger partial charge in [0.2, 0.25) is 0 Å². The van der Waals surface area contributed by atoms with Crippen molar-refractivity contribution in [2.45, 2.75) is 18.9 Å². The second kappa shape index (κ2) is 4.66. The van der Waals surface area contributed by atoms with E-state index in [0.717, 1.165) is 12.8 Å². The highest BCUT2D eigenvalue weighted by Crippen LogP contribution is 2.18. The monoisotopic (exact) mass is 229 g/mol. The third-order valence-corrected chi connectivity index (χ3v) is 2.39. The van der Waals surface area contributed by atoms with E-state index in [9.17, 15) is 9.59 Å². The van der Waals surface area contributed by atoms with Crippen LogP contribution in [-0.4, -0.2) is 17.9 Å². The molecule has 5 nitrogen and oxygen atoms in total. The van der Waals surface area contributed by atoms with Gasteiger partial charge in [-0.15, -0.1) is 0 Å². The number of anilines is 1. The zero-order valence-electron chi connectivity index (χ0n) is 9.06. The minimum atomic E-state index is -0.679. The molecule has 86 valence electrons. The van der Waals surface area contributed by atoms with E-state index in [4.69, 9.17) is 5.26 Å². The zero-order chi connectivity index (χ0) is 12.3. The van der Waals surface area contributed by atoms with Crippen LogP contribution in [0.3, 0.4) is 0 Å². The smallest absolute Gasteiger partial charge is 0.313 e. The number of carbonyl (C=O) groups is 2. The molecule has 1 aromatic carbocycles. The maximum atomic E-state index is 11.4. The normalized spacial score (nSPS) is 13.6.